The molecule has 0 aromatic heterocycles. The lowest BCUT2D eigenvalue weighted by molar-refractivity contribution is -0.0223. The highest BCUT2D eigenvalue weighted by molar-refractivity contribution is 5.80. The van der Waals surface area contributed by atoms with Crippen LogP contribution in [0.5, 0.6) is 0 Å². The summed E-state index contributed by atoms with van der Waals surface area (Å²) in [5.74, 6) is 0.735. The molecule has 0 amide bonds. The summed E-state index contributed by atoms with van der Waals surface area (Å²) in [7, 11) is 0. The molecular formula is C10H17N3O2. The van der Waals surface area contributed by atoms with Crippen LogP contribution in [0, 0.1) is 0 Å². The molecule has 1 aliphatic rings. The largest absolute Gasteiger partial charge is 0.390 e. The number of piperidine rings is 1. The Kier molecular flexibility index (Phi) is 4.45. The van der Waals surface area contributed by atoms with Gasteiger partial charge in [-0.05, 0) is 19.4 Å². The van der Waals surface area contributed by atoms with Gasteiger partial charge >= 0.3 is 0 Å². The summed E-state index contributed by atoms with van der Waals surface area (Å²) in [6.45, 7) is 6.41. The second kappa shape index (κ2) is 5.63. The maximum absolute atomic E-state index is 9.47. The molecule has 2 atom stereocenters. The van der Waals surface area contributed by atoms with E-state index in [-0.39, 0.29) is 0 Å². The van der Waals surface area contributed by atoms with Crippen LogP contribution in [-0.2, 0) is 0 Å². The standard InChI is InChI=1S/C10H17N3O2/c1-3-5-11-12-8(2)13-6-4-9(14)10(15)7-13/h3,5,9-10,14-15H,1,4,6-7H2,2H3/b11-5-,12-8+. The van der Waals surface area contributed by atoms with Gasteiger partial charge in [-0.25, -0.2) is 0 Å². The molecule has 0 bridgehead atoms. The van der Waals surface area contributed by atoms with Crippen molar-refractivity contribution < 1.29 is 10.2 Å². The molecule has 0 saturated carbocycles. The lowest BCUT2D eigenvalue weighted by atomic mass is 10.1. The first-order chi connectivity index (χ1) is 7.15. The number of aliphatic hydroxyl groups is 2. The molecule has 5 nitrogen and oxygen atoms in total. The Bertz CT molecular complexity index is 276. The van der Waals surface area contributed by atoms with Gasteiger partial charge in [-0.2, -0.15) is 5.10 Å². The van der Waals surface area contributed by atoms with Crippen molar-refractivity contribution in [1.82, 2.24) is 4.90 Å². The monoisotopic (exact) mass is 211 g/mol. The van der Waals surface area contributed by atoms with E-state index in [1.807, 2.05) is 11.8 Å². The van der Waals surface area contributed by atoms with Crippen molar-refractivity contribution in [1.29, 1.82) is 0 Å². The lowest BCUT2D eigenvalue weighted by Crippen LogP contribution is -2.48. The molecule has 0 spiro atoms. The fourth-order valence-electron chi connectivity index (χ4n) is 1.44. The van der Waals surface area contributed by atoms with Gasteiger partial charge in [0.1, 0.15) is 5.84 Å². The number of β-amino-alcohol motifs (C(OH)–C–C–N with tert-alkyl or cyclic N) is 1. The first-order valence-corrected chi connectivity index (χ1v) is 4.95. The van der Waals surface area contributed by atoms with Crippen molar-refractivity contribution in [2.75, 3.05) is 13.1 Å². The molecule has 5 heteroatoms. The van der Waals surface area contributed by atoms with E-state index < -0.39 is 12.2 Å². The number of rotatable bonds is 2. The van der Waals surface area contributed by atoms with Crippen LogP contribution < -0.4 is 0 Å². The van der Waals surface area contributed by atoms with Crippen molar-refractivity contribution in [3.63, 3.8) is 0 Å². The van der Waals surface area contributed by atoms with Crippen LogP contribution >= 0.6 is 0 Å². The zero-order chi connectivity index (χ0) is 11.3. The molecule has 1 aliphatic heterocycles. The van der Waals surface area contributed by atoms with Crippen LogP contribution in [-0.4, -0.2) is 52.5 Å². The van der Waals surface area contributed by atoms with Crippen LogP contribution in [0.2, 0.25) is 0 Å². The molecule has 84 valence electrons. The van der Waals surface area contributed by atoms with E-state index in [2.05, 4.69) is 16.8 Å². The third-order valence-electron chi connectivity index (χ3n) is 2.38. The molecule has 0 aromatic rings. The molecule has 2 unspecified atom stereocenters. The average Bonchev–Trinajstić information content (AvgIpc) is 2.22. The summed E-state index contributed by atoms with van der Waals surface area (Å²) < 4.78 is 0. The molecule has 0 aromatic carbocycles. The second-order valence-electron chi connectivity index (χ2n) is 3.52. The Morgan fingerprint density at radius 2 is 2.20 bits per heavy atom. The number of nitrogens with zero attached hydrogens (tertiary/aromatic N) is 3. The second-order valence-corrected chi connectivity index (χ2v) is 3.52. The smallest absolute Gasteiger partial charge is 0.124 e. The third-order valence-corrected chi connectivity index (χ3v) is 2.38. The minimum absolute atomic E-state index is 0.403. The fraction of sp³-hybridized carbons (Fsp3) is 0.600. The third kappa shape index (κ3) is 3.45. The highest BCUT2D eigenvalue weighted by Crippen LogP contribution is 2.11. The first kappa shape index (κ1) is 11.9. The van der Waals surface area contributed by atoms with Crippen molar-refractivity contribution >= 4 is 12.1 Å². The van der Waals surface area contributed by atoms with Crippen LogP contribution in [0.3, 0.4) is 0 Å². The van der Waals surface area contributed by atoms with Gasteiger partial charge in [-0.15, -0.1) is 5.10 Å². The summed E-state index contributed by atoms with van der Waals surface area (Å²) >= 11 is 0. The summed E-state index contributed by atoms with van der Waals surface area (Å²) in [5.41, 5.74) is 0. The van der Waals surface area contributed by atoms with Crippen LogP contribution in [0.1, 0.15) is 13.3 Å². The van der Waals surface area contributed by atoms with Crippen LogP contribution in [0.25, 0.3) is 0 Å². The molecule has 0 aliphatic carbocycles. The Balaban J connectivity index is 2.53. The minimum atomic E-state index is -0.702. The molecule has 1 fully saturated rings. The molecule has 1 rings (SSSR count). The Morgan fingerprint density at radius 1 is 1.47 bits per heavy atom. The number of allylic oxidation sites excluding steroid dienone is 1. The van der Waals surface area contributed by atoms with Gasteiger partial charge in [0.2, 0.25) is 0 Å². The van der Waals surface area contributed by atoms with E-state index in [0.717, 1.165) is 5.84 Å². The van der Waals surface area contributed by atoms with Crippen LogP contribution in [0.4, 0.5) is 0 Å². The summed E-state index contributed by atoms with van der Waals surface area (Å²) in [4.78, 5) is 1.90. The number of amidine groups is 1. The van der Waals surface area contributed by atoms with Crippen molar-refractivity contribution in [3.8, 4) is 0 Å². The Morgan fingerprint density at radius 3 is 2.80 bits per heavy atom. The maximum atomic E-state index is 9.47. The SMILES string of the molecule is C=C/C=N\N=C(/C)N1CCC(O)C(O)C1. The highest BCUT2D eigenvalue weighted by Gasteiger charge is 2.26. The molecule has 1 saturated heterocycles. The minimum Gasteiger partial charge on any atom is -0.390 e. The van der Waals surface area contributed by atoms with Crippen molar-refractivity contribution in [2.24, 2.45) is 10.2 Å². The topological polar surface area (TPSA) is 68.4 Å². The number of hydrogen-bond donors (Lipinski definition) is 2. The first-order valence-electron chi connectivity index (χ1n) is 4.95. The fourth-order valence-corrected chi connectivity index (χ4v) is 1.44. The van der Waals surface area contributed by atoms with E-state index in [1.54, 1.807) is 6.08 Å². The maximum Gasteiger partial charge on any atom is 0.124 e. The van der Waals surface area contributed by atoms with Crippen molar-refractivity contribution in [3.05, 3.63) is 12.7 Å². The zero-order valence-electron chi connectivity index (χ0n) is 8.87. The van der Waals surface area contributed by atoms with Gasteiger partial charge in [0.05, 0.1) is 12.2 Å². The van der Waals surface area contributed by atoms with Gasteiger partial charge in [-0.1, -0.05) is 6.58 Å². The highest BCUT2D eigenvalue weighted by atomic mass is 16.3. The Hall–Kier alpha value is -1.20. The average molecular weight is 211 g/mol. The van der Waals surface area contributed by atoms with Gasteiger partial charge in [0.15, 0.2) is 0 Å². The van der Waals surface area contributed by atoms with E-state index in [9.17, 15) is 10.2 Å². The van der Waals surface area contributed by atoms with Crippen molar-refractivity contribution in [2.45, 2.75) is 25.6 Å². The van der Waals surface area contributed by atoms with E-state index in [4.69, 9.17) is 0 Å². The Labute approximate surface area is 89.4 Å². The van der Waals surface area contributed by atoms with E-state index in [1.165, 1.54) is 6.21 Å². The van der Waals surface area contributed by atoms with Gasteiger partial charge in [0, 0.05) is 19.3 Å². The molecular weight excluding hydrogens is 194 g/mol. The van der Waals surface area contributed by atoms with E-state index >= 15 is 0 Å². The summed E-state index contributed by atoms with van der Waals surface area (Å²) in [6, 6.07) is 0. The van der Waals surface area contributed by atoms with E-state index in [0.29, 0.717) is 19.5 Å². The predicted molar refractivity (Wildman–Crippen MR) is 60.0 cm³/mol. The molecule has 1 heterocycles. The number of aliphatic hydroxyl groups excluding tert-OH is 2. The number of hydrogen-bond acceptors (Lipinski definition) is 4. The molecule has 15 heavy (non-hydrogen) atoms. The lowest BCUT2D eigenvalue weighted by Gasteiger charge is -2.34. The van der Waals surface area contributed by atoms with Gasteiger partial charge in [-0.3, -0.25) is 0 Å². The van der Waals surface area contributed by atoms with Gasteiger partial charge in [0.25, 0.3) is 0 Å². The summed E-state index contributed by atoms with van der Waals surface area (Å²) in [5, 5.41) is 26.5. The van der Waals surface area contributed by atoms with Crippen LogP contribution in [0.15, 0.2) is 22.9 Å². The quantitative estimate of drug-likeness (QED) is 0.384. The molecule has 2 N–H and O–H groups in total. The molecule has 0 radical (unpaired) electrons. The zero-order valence-corrected chi connectivity index (χ0v) is 8.87. The summed E-state index contributed by atoms with van der Waals surface area (Å²) in [6.07, 6.45) is 2.28. The normalized spacial score (nSPS) is 28.5. The predicted octanol–water partition coefficient (Wildman–Crippen LogP) is 0.00410. The van der Waals surface area contributed by atoms with Gasteiger partial charge < -0.3 is 15.1 Å². The number of likely N-dealkylation sites (tertiary alicyclic amines) is 1.